The zero-order valence-electron chi connectivity index (χ0n) is 12.2. The molecule has 1 aromatic heterocycles. The van der Waals surface area contributed by atoms with Crippen molar-refractivity contribution in [2.45, 2.75) is 9.79 Å². The summed E-state index contributed by atoms with van der Waals surface area (Å²) in [7, 11) is 3.13. The third-order valence-electron chi connectivity index (χ3n) is 3.18. The van der Waals surface area contributed by atoms with E-state index in [1.807, 2.05) is 30.3 Å². The average Bonchev–Trinajstić information content (AvgIpc) is 2.55. The number of ether oxygens (including phenoxy) is 2. The molecule has 0 atom stereocenters. The molecule has 0 saturated heterocycles. The van der Waals surface area contributed by atoms with Crippen molar-refractivity contribution in [1.82, 2.24) is 0 Å². The number of fused-ring (bicyclic) bond motifs is 1. The Balaban J connectivity index is 2.13. The lowest BCUT2D eigenvalue weighted by Gasteiger charge is -2.09. The minimum absolute atomic E-state index is 0.378. The van der Waals surface area contributed by atoms with E-state index in [4.69, 9.17) is 13.9 Å². The predicted octanol–water partition coefficient (Wildman–Crippen LogP) is 3.96. The Labute approximate surface area is 131 Å². The molecular weight excluding hydrogens is 300 g/mol. The molecule has 0 fully saturated rings. The second kappa shape index (κ2) is 6.15. The molecule has 0 N–H and O–H groups in total. The first-order chi connectivity index (χ1) is 10.7. The van der Waals surface area contributed by atoms with Gasteiger partial charge in [-0.2, -0.15) is 0 Å². The van der Waals surface area contributed by atoms with Crippen molar-refractivity contribution < 1.29 is 13.9 Å². The first-order valence-corrected chi connectivity index (χ1v) is 7.45. The molecule has 5 heteroatoms. The van der Waals surface area contributed by atoms with Gasteiger partial charge in [-0.05, 0) is 18.2 Å². The summed E-state index contributed by atoms with van der Waals surface area (Å²) < 4.78 is 16.0. The number of hydrogen-bond acceptors (Lipinski definition) is 5. The average molecular weight is 314 g/mol. The number of benzene rings is 2. The minimum Gasteiger partial charge on any atom is -0.496 e. The van der Waals surface area contributed by atoms with Crippen LogP contribution in [0.15, 0.2) is 67.5 Å². The molecule has 0 saturated carbocycles. The zero-order chi connectivity index (χ0) is 15.5. The van der Waals surface area contributed by atoms with Crippen molar-refractivity contribution in [3.63, 3.8) is 0 Å². The van der Waals surface area contributed by atoms with Gasteiger partial charge in [0.15, 0.2) is 0 Å². The molecule has 3 aromatic rings. The molecule has 4 nitrogen and oxygen atoms in total. The van der Waals surface area contributed by atoms with Crippen LogP contribution in [0.3, 0.4) is 0 Å². The highest BCUT2D eigenvalue weighted by atomic mass is 32.2. The molecule has 1 heterocycles. The van der Waals surface area contributed by atoms with Gasteiger partial charge >= 0.3 is 5.63 Å². The Morgan fingerprint density at radius 2 is 1.77 bits per heavy atom. The normalized spacial score (nSPS) is 10.6. The van der Waals surface area contributed by atoms with Crippen molar-refractivity contribution in [3.8, 4) is 11.5 Å². The van der Waals surface area contributed by atoms with Crippen LogP contribution in [-0.4, -0.2) is 14.2 Å². The van der Waals surface area contributed by atoms with Crippen molar-refractivity contribution in [1.29, 1.82) is 0 Å². The lowest BCUT2D eigenvalue weighted by molar-refractivity contribution is 0.395. The lowest BCUT2D eigenvalue weighted by atomic mass is 10.2. The molecule has 0 aliphatic carbocycles. The summed E-state index contributed by atoms with van der Waals surface area (Å²) >= 11 is 1.37. The smallest absolute Gasteiger partial charge is 0.350 e. The van der Waals surface area contributed by atoms with Gasteiger partial charge in [0.1, 0.15) is 17.1 Å². The van der Waals surface area contributed by atoms with Crippen LogP contribution < -0.4 is 15.1 Å². The van der Waals surface area contributed by atoms with Crippen molar-refractivity contribution in [3.05, 3.63) is 59.0 Å². The topological polar surface area (TPSA) is 48.7 Å². The second-order valence-corrected chi connectivity index (χ2v) is 5.67. The first kappa shape index (κ1) is 14.5. The third kappa shape index (κ3) is 2.80. The fourth-order valence-corrected chi connectivity index (χ4v) is 2.97. The summed E-state index contributed by atoms with van der Waals surface area (Å²) in [6.45, 7) is 0. The van der Waals surface area contributed by atoms with E-state index in [2.05, 4.69) is 0 Å². The largest absolute Gasteiger partial charge is 0.496 e. The van der Waals surface area contributed by atoms with Gasteiger partial charge in [0.2, 0.25) is 0 Å². The van der Waals surface area contributed by atoms with Gasteiger partial charge < -0.3 is 13.9 Å². The van der Waals surface area contributed by atoms with Gasteiger partial charge in [-0.3, -0.25) is 0 Å². The maximum absolute atomic E-state index is 12.2. The Kier molecular flexibility index (Phi) is 4.06. The predicted molar refractivity (Wildman–Crippen MR) is 86.2 cm³/mol. The molecule has 0 bridgehead atoms. The molecule has 0 amide bonds. The molecule has 0 aliphatic heterocycles. The molecule has 0 radical (unpaired) electrons. The molecule has 0 unspecified atom stereocenters. The van der Waals surface area contributed by atoms with Gasteiger partial charge in [0.25, 0.3) is 0 Å². The zero-order valence-corrected chi connectivity index (χ0v) is 13.0. The highest BCUT2D eigenvalue weighted by molar-refractivity contribution is 7.99. The summed E-state index contributed by atoms with van der Waals surface area (Å²) in [5.74, 6) is 1.18. The molecule has 3 rings (SSSR count). The monoisotopic (exact) mass is 314 g/mol. The molecule has 0 aliphatic rings. The van der Waals surface area contributed by atoms with E-state index in [9.17, 15) is 4.79 Å². The maximum Gasteiger partial charge on any atom is 0.350 e. The molecule has 2 aromatic carbocycles. The van der Waals surface area contributed by atoms with Crippen molar-refractivity contribution in [2.75, 3.05) is 14.2 Å². The summed E-state index contributed by atoms with van der Waals surface area (Å²) in [6, 6.07) is 14.9. The fourth-order valence-electron chi connectivity index (χ4n) is 2.12. The third-order valence-corrected chi connectivity index (χ3v) is 4.20. The standard InChI is InChI=1S/C17H14O4S/c1-19-11-8-14(20-2)13-10-16(17(18)21-15(13)9-11)22-12-6-4-3-5-7-12/h3-10H,1-2H3. The Morgan fingerprint density at radius 1 is 1.00 bits per heavy atom. The van der Waals surface area contributed by atoms with E-state index < -0.39 is 0 Å². The van der Waals surface area contributed by atoms with Crippen molar-refractivity contribution in [2.24, 2.45) is 0 Å². The number of hydrogen-bond donors (Lipinski definition) is 0. The lowest BCUT2D eigenvalue weighted by Crippen LogP contribution is -2.02. The molecule has 112 valence electrons. The van der Waals surface area contributed by atoms with E-state index in [1.54, 1.807) is 32.4 Å². The Bertz CT molecular complexity index is 856. The van der Waals surface area contributed by atoms with Crippen LogP contribution >= 0.6 is 11.8 Å². The van der Waals surface area contributed by atoms with Crippen LogP contribution in [0.2, 0.25) is 0 Å². The van der Waals surface area contributed by atoms with Gasteiger partial charge in [-0.25, -0.2) is 4.79 Å². The van der Waals surface area contributed by atoms with Gasteiger partial charge in [0, 0.05) is 17.0 Å². The highest BCUT2D eigenvalue weighted by Gasteiger charge is 2.12. The second-order valence-electron chi connectivity index (χ2n) is 4.55. The first-order valence-electron chi connectivity index (χ1n) is 6.64. The minimum atomic E-state index is -0.378. The summed E-state index contributed by atoms with van der Waals surface area (Å²) in [4.78, 5) is 13.7. The summed E-state index contributed by atoms with van der Waals surface area (Å²) in [6.07, 6.45) is 0. The molecule has 22 heavy (non-hydrogen) atoms. The summed E-state index contributed by atoms with van der Waals surface area (Å²) in [5.41, 5.74) is 0.0651. The Hall–Kier alpha value is -2.40. The molecule has 0 spiro atoms. The van der Waals surface area contributed by atoms with E-state index in [1.165, 1.54) is 11.8 Å². The van der Waals surface area contributed by atoms with E-state index in [0.29, 0.717) is 22.0 Å². The quantitative estimate of drug-likeness (QED) is 0.682. The van der Waals surface area contributed by atoms with Crippen molar-refractivity contribution >= 4 is 22.7 Å². The number of rotatable bonds is 4. The Morgan fingerprint density at radius 3 is 2.45 bits per heavy atom. The van der Waals surface area contributed by atoms with Gasteiger partial charge in [-0.1, -0.05) is 30.0 Å². The van der Waals surface area contributed by atoms with E-state index >= 15 is 0 Å². The van der Waals surface area contributed by atoms with Gasteiger partial charge in [0.05, 0.1) is 24.5 Å². The maximum atomic E-state index is 12.2. The van der Waals surface area contributed by atoms with Crippen LogP contribution in [0, 0.1) is 0 Å². The number of methoxy groups -OCH3 is 2. The van der Waals surface area contributed by atoms with E-state index in [0.717, 1.165) is 10.3 Å². The van der Waals surface area contributed by atoms with Crippen LogP contribution in [0.25, 0.3) is 11.0 Å². The van der Waals surface area contributed by atoms with E-state index in [-0.39, 0.29) is 5.63 Å². The van der Waals surface area contributed by atoms with Crippen LogP contribution in [-0.2, 0) is 0 Å². The van der Waals surface area contributed by atoms with Crippen LogP contribution in [0.1, 0.15) is 0 Å². The van der Waals surface area contributed by atoms with Crippen LogP contribution in [0.5, 0.6) is 11.5 Å². The van der Waals surface area contributed by atoms with Gasteiger partial charge in [-0.15, -0.1) is 0 Å². The highest BCUT2D eigenvalue weighted by Crippen LogP contribution is 2.34. The molecular formula is C17H14O4S. The SMILES string of the molecule is COc1cc(OC)c2cc(Sc3ccccc3)c(=O)oc2c1. The van der Waals surface area contributed by atoms with Crippen LogP contribution in [0.4, 0.5) is 0 Å². The fraction of sp³-hybridized carbons (Fsp3) is 0.118. The summed E-state index contributed by atoms with van der Waals surface area (Å²) in [5, 5.41) is 0.737.